The number of nitrogens with one attached hydrogen (secondary N) is 2. The second kappa shape index (κ2) is 7.17. The Morgan fingerprint density at radius 1 is 1.12 bits per heavy atom. The Morgan fingerprint density at radius 3 is 2.38 bits per heavy atom. The third-order valence-electron chi connectivity index (χ3n) is 3.23. The van der Waals surface area contributed by atoms with E-state index in [1.54, 1.807) is 0 Å². The largest absolute Gasteiger partial charge is 0.317 e. The molecule has 0 aromatic rings. The molecule has 1 rings (SSSR count). The Balaban J connectivity index is 1.94. The van der Waals surface area contributed by atoms with Crippen molar-refractivity contribution < 1.29 is 8.78 Å². The molecule has 0 atom stereocenters. The third-order valence-corrected chi connectivity index (χ3v) is 3.23. The summed E-state index contributed by atoms with van der Waals surface area (Å²) in [5.41, 5.74) is 0. The van der Waals surface area contributed by atoms with Gasteiger partial charge in [0.15, 0.2) is 0 Å². The van der Waals surface area contributed by atoms with Gasteiger partial charge in [-0.15, -0.1) is 0 Å². The molecule has 16 heavy (non-hydrogen) atoms. The van der Waals surface area contributed by atoms with E-state index >= 15 is 0 Å². The van der Waals surface area contributed by atoms with E-state index in [2.05, 4.69) is 17.6 Å². The second-order valence-electron chi connectivity index (χ2n) is 4.71. The van der Waals surface area contributed by atoms with E-state index in [0.717, 1.165) is 32.6 Å². The van der Waals surface area contributed by atoms with E-state index < -0.39 is 5.92 Å². The minimum absolute atomic E-state index is 0.0801. The van der Waals surface area contributed by atoms with Crippen LogP contribution < -0.4 is 10.6 Å². The molecular formula is C12H24F2N2. The molecule has 0 aromatic carbocycles. The normalized spacial score (nSPS) is 21.2. The lowest BCUT2D eigenvalue weighted by Gasteiger charge is -2.28. The predicted octanol–water partition coefficient (Wildman–Crippen LogP) is 2.40. The summed E-state index contributed by atoms with van der Waals surface area (Å²) >= 11 is 0. The fourth-order valence-corrected chi connectivity index (χ4v) is 2.13. The Kier molecular flexibility index (Phi) is 6.21. The SMILES string of the molecule is CCNCCCNCC1CCC(F)(F)CC1. The van der Waals surface area contributed by atoms with Gasteiger partial charge in [0.2, 0.25) is 5.92 Å². The zero-order valence-corrected chi connectivity index (χ0v) is 10.2. The first kappa shape index (κ1) is 13.8. The lowest BCUT2D eigenvalue weighted by atomic mass is 9.87. The van der Waals surface area contributed by atoms with Crippen LogP contribution in [0.4, 0.5) is 8.78 Å². The first-order valence-corrected chi connectivity index (χ1v) is 6.43. The lowest BCUT2D eigenvalue weighted by molar-refractivity contribution is -0.0454. The monoisotopic (exact) mass is 234 g/mol. The molecule has 1 saturated carbocycles. The van der Waals surface area contributed by atoms with Crippen LogP contribution in [-0.2, 0) is 0 Å². The number of rotatable bonds is 7. The Bertz CT molecular complexity index is 176. The Labute approximate surface area is 97.2 Å². The smallest absolute Gasteiger partial charge is 0.248 e. The van der Waals surface area contributed by atoms with Gasteiger partial charge in [-0.1, -0.05) is 6.92 Å². The van der Waals surface area contributed by atoms with Crippen LogP contribution >= 0.6 is 0 Å². The molecule has 4 heteroatoms. The van der Waals surface area contributed by atoms with E-state index in [1.807, 2.05) is 0 Å². The van der Waals surface area contributed by atoms with Gasteiger partial charge in [0.25, 0.3) is 0 Å². The highest BCUT2D eigenvalue weighted by atomic mass is 19.3. The van der Waals surface area contributed by atoms with Crippen LogP contribution in [-0.4, -0.2) is 32.1 Å². The minimum atomic E-state index is -2.39. The van der Waals surface area contributed by atoms with Gasteiger partial charge in [-0.3, -0.25) is 0 Å². The predicted molar refractivity (Wildman–Crippen MR) is 62.9 cm³/mol. The maximum absolute atomic E-state index is 12.9. The molecule has 0 saturated heterocycles. The molecule has 1 aliphatic rings. The average Bonchev–Trinajstić information content (AvgIpc) is 2.25. The van der Waals surface area contributed by atoms with Crippen molar-refractivity contribution in [2.24, 2.45) is 5.92 Å². The Morgan fingerprint density at radius 2 is 1.75 bits per heavy atom. The van der Waals surface area contributed by atoms with Crippen LogP contribution in [0.2, 0.25) is 0 Å². The molecule has 2 N–H and O–H groups in total. The van der Waals surface area contributed by atoms with E-state index in [0.29, 0.717) is 18.8 Å². The fraction of sp³-hybridized carbons (Fsp3) is 1.00. The molecule has 0 unspecified atom stereocenters. The maximum Gasteiger partial charge on any atom is 0.248 e. The van der Waals surface area contributed by atoms with Gasteiger partial charge in [-0.25, -0.2) is 8.78 Å². The first-order chi connectivity index (χ1) is 7.64. The van der Waals surface area contributed by atoms with Crippen molar-refractivity contribution in [1.82, 2.24) is 10.6 Å². The second-order valence-corrected chi connectivity index (χ2v) is 4.71. The number of hydrogen-bond donors (Lipinski definition) is 2. The summed E-state index contributed by atoms with van der Waals surface area (Å²) in [4.78, 5) is 0. The molecule has 1 aliphatic carbocycles. The van der Waals surface area contributed by atoms with Crippen LogP contribution in [0.5, 0.6) is 0 Å². The van der Waals surface area contributed by atoms with Crippen LogP contribution in [0.15, 0.2) is 0 Å². The van der Waals surface area contributed by atoms with Gasteiger partial charge < -0.3 is 10.6 Å². The fourth-order valence-electron chi connectivity index (χ4n) is 2.13. The topological polar surface area (TPSA) is 24.1 Å². The molecular weight excluding hydrogens is 210 g/mol. The van der Waals surface area contributed by atoms with Crippen molar-refractivity contribution in [1.29, 1.82) is 0 Å². The van der Waals surface area contributed by atoms with Crippen molar-refractivity contribution in [3.05, 3.63) is 0 Å². The van der Waals surface area contributed by atoms with Crippen molar-refractivity contribution in [2.75, 3.05) is 26.2 Å². The molecule has 0 amide bonds. The quantitative estimate of drug-likeness (QED) is 0.661. The molecule has 0 aromatic heterocycles. The van der Waals surface area contributed by atoms with Crippen molar-refractivity contribution in [3.8, 4) is 0 Å². The van der Waals surface area contributed by atoms with Gasteiger partial charge in [-0.05, 0) is 51.4 Å². The highest BCUT2D eigenvalue weighted by Gasteiger charge is 2.34. The zero-order valence-electron chi connectivity index (χ0n) is 10.2. The standard InChI is InChI=1S/C12H24F2N2/c1-2-15-8-3-9-16-10-11-4-6-12(13,14)7-5-11/h11,15-16H,2-10H2,1H3. The van der Waals surface area contributed by atoms with Crippen molar-refractivity contribution in [2.45, 2.75) is 45.0 Å². The molecule has 0 bridgehead atoms. The molecule has 96 valence electrons. The summed E-state index contributed by atoms with van der Waals surface area (Å²) in [7, 11) is 0. The van der Waals surface area contributed by atoms with E-state index in [-0.39, 0.29) is 12.8 Å². The summed E-state index contributed by atoms with van der Waals surface area (Å²) in [5, 5.41) is 6.61. The highest BCUT2D eigenvalue weighted by Crippen LogP contribution is 2.35. The Hall–Kier alpha value is -0.220. The summed E-state index contributed by atoms with van der Waals surface area (Å²) in [6.07, 6.45) is 2.62. The molecule has 0 spiro atoms. The molecule has 0 heterocycles. The first-order valence-electron chi connectivity index (χ1n) is 6.43. The van der Waals surface area contributed by atoms with E-state index in [9.17, 15) is 8.78 Å². The summed E-state index contributed by atoms with van der Waals surface area (Å²) in [6.45, 7) is 6.03. The average molecular weight is 234 g/mol. The van der Waals surface area contributed by atoms with Crippen LogP contribution in [0, 0.1) is 5.92 Å². The highest BCUT2D eigenvalue weighted by molar-refractivity contribution is 4.78. The van der Waals surface area contributed by atoms with Crippen molar-refractivity contribution in [3.63, 3.8) is 0 Å². The van der Waals surface area contributed by atoms with Gasteiger partial charge in [0.1, 0.15) is 0 Å². The van der Waals surface area contributed by atoms with Gasteiger partial charge in [-0.2, -0.15) is 0 Å². The van der Waals surface area contributed by atoms with Gasteiger partial charge in [0.05, 0.1) is 0 Å². The van der Waals surface area contributed by atoms with E-state index in [1.165, 1.54) is 0 Å². The number of halogens is 2. The molecule has 2 nitrogen and oxygen atoms in total. The van der Waals surface area contributed by atoms with Crippen molar-refractivity contribution >= 4 is 0 Å². The zero-order chi connectivity index (χ0) is 11.9. The van der Waals surface area contributed by atoms with Gasteiger partial charge in [0, 0.05) is 12.8 Å². The molecule has 0 radical (unpaired) electrons. The summed E-state index contributed by atoms with van der Waals surface area (Å²) in [5.74, 6) is -1.93. The number of hydrogen-bond acceptors (Lipinski definition) is 2. The molecule has 0 aliphatic heterocycles. The van der Waals surface area contributed by atoms with Gasteiger partial charge >= 0.3 is 0 Å². The number of alkyl halides is 2. The maximum atomic E-state index is 12.9. The third kappa shape index (κ3) is 5.75. The lowest BCUT2D eigenvalue weighted by Crippen LogP contribution is -2.32. The van der Waals surface area contributed by atoms with Crippen LogP contribution in [0.25, 0.3) is 0 Å². The van der Waals surface area contributed by atoms with Crippen LogP contribution in [0.1, 0.15) is 39.0 Å². The summed E-state index contributed by atoms with van der Waals surface area (Å²) in [6, 6.07) is 0. The van der Waals surface area contributed by atoms with Crippen LogP contribution in [0.3, 0.4) is 0 Å². The minimum Gasteiger partial charge on any atom is -0.317 e. The summed E-state index contributed by atoms with van der Waals surface area (Å²) < 4.78 is 25.8. The van der Waals surface area contributed by atoms with E-state index in [4.69, 9.17) is 0 Å². The molecule has 1 fully saturated rings.